The van der Waals surface area contributed by atoms with Crippen LogP contribution >= 0.6 is 0 Å². The van der Waals surface area contributed by atoms with Crippen molar-refractivity contribution in [1.82, 2.24) is 4.90 Å². The average Bonchev–Trinajstić information content (AvgIpc) is 3.01. The number of fused-ring (bicyclic) bond motifs is 1. The van der Waals surface area contributed by atoms with E-state index < -0.39 is 0 Å². The van der Waals surface area contributed by atoms with Crippen LogP contribution in [0.15, 0.2) is 18.2 Å². The molecule has 3 rings (SSSR count). The molecule has 3 nitrogen and oxygen atoms in total. The Morgan fingerprint density at radius 3 is 2.87 bits per heavy atom. The van der Waals surface area contributed by atoms with Crippen molar-refractivity contribution in [3.8, 4) is 5.75 Å². The summed E-state index contributed by atoms with van der Waals surface area (Å²) in [6.07, 6.45) is 2.68. The Kier molecular flexibility index (Phi) is 1.75. The molecule has 1 aromatic rings. The molecular weight excluding hydrogens is 190 g/mol. The Morgan fingerprint density at radius 1 is 1.33 bits per heavy atom. The van der Waals surface area contributed by atoms with Crippen LogP contribution in [0.5, 0.6) is 5.75 Å². The lowest BCUT2D eigenvalue weighted by Gasteiger charge is -2.29. The fraction of sp³-hybridized carbons (Fsp3) is 0.417. The Morgan fingerprint density at radius 2 is 2.13 bits per heavy atom. The van der Waals surface area contributed by atoms with E-state index in [9.17, 15) is 9.90 Å². The fourth-order valence-corrected chi connectivity index (χ4v) is 2.21. The van der Waals surface area contributed by atoms with Gasteiger partial charge in [0, 0.05) is 18.2 Å². The molecule has 0 saturated heterocycles. The third-order valence-corrected chi connectivity index (χ3v) is 3.23. The number of aromatic hydroxyl groups is 1. The highest BCUT2D eigenvalue weighted by atomic mass is 16.3. The van der Waals surface area contributed by atoms with Crippen molar-refractivity contribution in [3.63, 3.8) is 0 Å². The quantitative estimate of drug-likeness (QED) is 0.750. The predicted octanol–water partition coefficient (Wildman–Crippen LogP) is 1.44. The molecule has 1 saturated carbocycles. The SMILES string of the molecule is O=C1Cc2cccc(O)c2CN1C1CC1. The van der Waals surface area contributed by atoms with Gasteiger partial charge in [-0.15, -0.1) is 0 Å². The van der Waals surface area contributed by atoms with E-state index in [1.165, 1.54) is 0 Å². The molecule has 0 aromatic heterocycles. The molecule has 1 fully saturated rings. The van der Waals surface area contributed by atoms with E-state index in [2.05, 4.69) is 0 Å². The van der Waals surface area contributed by atoms with Crippen LogP contribution in [0.4, 0.5) is 0 Å². The topological polar surface area (TPSA) is 40.5 Å². The summed E-state index contributed by atoms with van der Waals surface area (Å²) >= 11 is 0. The van der Waals surface area contributed by atoms with Crippen molar-refractivity contribution in [2.24, 2.45) is 0 Å². The minimum Gasteiger partial charge on any atom is -0.508 e. The zero-order chi connectivity index (χ0) is 10.4. The molecule has 1 aromatic carbocycles. The molecule has 0 atom stereocenters. The highest BCUT2D eigenvalue weighted by Gasteiger charge is 2.35. The van der Waals surface area contributed by atoms with Crippen LogP contribution in [0.25, 0.3) is 0 Å². The summed E-state index contributed by atoms with van der Waals surface area (Å²) in [5, 5.41) is 9.72. The minimum atomic E-state index is 0.204. The number of hydrogen-bond acceptors (Lipinski definition) is 2. The number of benzene rings is 1. The van der Waals surface area contributed by atoms with Gasteiger partial charge in [0.25, 0.3) is 0 Å². The van der Waals surface area contributed by atoms with Crippen LogP contribution in [0, 0.1) is 0 Å². The van der Waals surface area contributed by atoms with E-state index in [-0.39, 0.29) is 5.91 Å². The van der Waals surface area contributed by atoms with Gasteiger partial charge in [-0.25, -0.2) is 0 Å². The maximum absolute atomic E-state index is 11.8. The first kappa shape index (κ1) is 8.77. The molecule has 3 heteroatoms. The highest BCUT2D eigenvalue weighted by molar-refractivity contribution is 5.82. The smallest absolute Gasteiger partial charge is 0.227 e. The van der Waals surface area contributed by atoms with Gasteiger partial charge in [0.1, 0.15) is 5.75 Å². The Hall–Kier alpha value is -1.51. The molecule has 1 aliphatic carbocycles. The average molecular weight is 203 g/mol. The van der Waals surface area contributed by atoms with Crippen molar-refractivity contribution < 1.29 is 9.90 Å². The fourth-order valence-electron chi connectivity index (χ4n) is 2.21. The summed E-state index contributed by atoms with van der Waals surface area (Å²) in [5.41, 5.74) is 1.92. The van der Waals surface area contributed by atoms with E-state index >= 15 is 0 Å². The zero-order valence-corrected chi connectivity index (χ0v) is 8.44. The van der Waals surface area contributed by atoms with Gasteiger partial charge in [-0.1, -0.05) is 12.1 Å². The third kappa shape index (κ3) is 1.39. The molecule has 2 aliphatic rings. The van der Waals surface area contributed by atoms with E-state index in [1.807, 2.05) is 11.0 Å². The second kappa shape index (κ2) is 2.99. The van der Waals surface area contributed by atoms with Crippen molar-refractivity contribution in [1.29, 1.82) is 0 Å². The number of phenolic OH excluding ortho intramolecular Hbond substituents is 1. The number of hydrogen-bond donors (Lipinski definition) is 1. The van der Waals surface area contributed by atoms with Crippen molar-refractivity contribution in [2.75, 3.05) is 0 Å². The monoisotopic (exact) mass is 203 g/mol. The first-order chi connectivity index (χ1) is 7.25. The van der Waals surface area contributed by atoms with Crippen LogP contribution < -0.4 is 0 Å². The van der Waals surface area contributed by atoms with Crippen molar-refractivity contribution >= 4 is 5.91 Å². The molecule has 1 amide bonds. The van der Waals surface area contributed by atoms with Gasteiger partial charge in [-0.3, -0.25) is 4.79 Å². The van der Waals surface area contributed by atoms with E-state index in [0.29, 0.717) is 24.8 Å². The molecule has 1 N–H and O–H groups in total. The molecule has 0 bridgehead atoms. The van der Waals surface area contributed by atoms with Gasteiger partial charge >= 0.3 is 0 Å². The maximum atomic E-state index is 11.8. The normalized spacial score (nSPS) is 20.3. The summed E-state index contributed by atoms with van der Waals surface area (Å²) in [6, 6.07) is 5.86. The number of phenols is 1. The Bertz CT molecular complexity index is 424. The van der Waals surface area contributed by atoms with Crippen LogP contribution in [-0.2, 0) is 17.8 Å². The number of nitrogens with zero attached hydrogens (tertiary/aromatic N) is 1. The number of carbonyl (C=O) groups is 1. The first-order valence-electron chi connectivity index (χ1n) is 5.35. The molecule has 78 valence electrons. The first-order valence-corrected chi connectivity index (χ1v) is 5.35. The maximum Gasteiger partial charge on any atom is 0.227 e. The predicted molar refractivity (Wildman–Crippen MR) is 55.4 cm³/mol. The summed E-state index contributed by atoms with van der Waals surface area (Å²) in [6.45, 7) is 0.589. The summed E-state index contributed by atoms with van der Waals surface area (Å²) in [4.78, 5) is 13.7. The number of rotatable bonds is 1. The second-order valence-electron chi connectivity index (χ2n) is 4.34. The van der Waals surface area contributed by atoms with Crippen LogP contribution in [0.3, 0.4) is 0 Å². The minimum absolute atomic E-state index is 0.204. The van der Waals surface area contributed by atoms with Gasteiger partial charge in [0.15, 0.2) is 0 Å². The standard InChI is InChI=1S/C12H13NO2/c14-11-3-1-2-8-6-12(15)13(7-10(8)11)9-4-5-9/h1-3,9,14H,4-7H2. The van der Waals surface area contributed by atoms with Gasteiger partial charge in [-0.05, 0) is 24.5 Å². The molecule has 0 unspecified atom stereocenters. The number of carbonyl (C=O) groups excluding carboxylic acids is 1. The van der Waals surface area contributed by atoms with E-state index in [1.54, 1.807) is 12.1 Å². The van der Waals surface area contributed by atoms with Crippen LogP contribution in [0.2, 0.25) is 0 Å². The lowest BCUT2D eigenvalue weighted by molar-refractivity contribution is -0.132. The zero-order valence-electron chi connectivity index (χ0n) is 8.44. The van der Waals surface area contributed by atoms with Crippen LogP contribution in [-0.4, -0.2) is 22.0 Å². The van der Waals surface area contributed by atoms with Gasteiger partial charge in [0.2, 0.25) is 5.91 Å². The molecule has 1 heterocycles. The molecule has 0 spiro atoms. The molecule has 0 radical (unpaired) electrons. The van der Waals surface area contributed by atoms with E-state index in [4.69, 9.17) is 0 Å². The van der Waals surface area contributed by atoms with Crippen molar-refractivity contribution in [3.05, 3.63) is 29.3 Å². The highest BCUT2D eigenvalue weighted by Crippen LogP contribution is 2.34. The Balaban J connectivity index is 1.99. The summed E-state index contributed by atoms with van der Waals surface area (Å²) in [5.74, 6) is 0.529. The molecule has 15 heavy (non-hydrogen) atoms. The van der Waals surface area contributed by atoms with E-state index in [0.717, 1.165) is 24.0 Å². The third-order valence-electron chi connectivity index (χ3n) is 3.23. The lowest BCUT2D eigenvalue weighted by Crippen LogP contribution is -2.37. The lowest BCUT2D eigenvalue weighted by atomic mass is 9.98. The number of amides is 1. The molecule has 1 aliphatic heterocycles. The summed E-state index contributed by atoms with van der Waals surface area (Å²) < 4.78 is 0. The second-order valence-corrected chi connectivity index (χ2v) is 4.34. The van der Waals surface area contributed by atoms with Gasteiger partial charge in [0.05, 0.1) is 6.42 Å². The van der Waals surface area contributed by atoms with Crippen molar-refractivity contribution in [2.45, 2.75) is 31.8 Å². The van der Waals surface area contributed by atoms with Crippen LogP contribution in [0.1, 0.15) is 24.0 Å². The van der Waals surface area contributed by atoms with Gasteiger partial charge < -0.3 is 10.0 Å². The summed E-state index contributed by atoms with van der Waals surface area (Å²) in [7, 11) is 0. The Labute approximate surface area is 88.3 Å². The molecular formula is C12H13NO2. The largest absolute Gasteiger partial charge is 0.508 e. The van der Waals surface area contributed by atoms with Gasteiger partial charge in [-0.2, -0.15) is 0 Å².